The van der Waals surface area contributed by atoms with Gasteiger partial charge in [-0.1, -0.05) is 40.9 Å². The highest BCUT2D eigenvalue weighted by Gasteiger charge is 2.29. The Morgan fingerprint density at radius 3 is 2.44 bits per heavy atom. The summed E-state index contributed by atoms with van der Waals surface area (Å²) in [6.45, 7) is 1.74. The van der Waals surface area contributed by atoms with E-state index in [4.69, 9.17) is 0 Å². The molecule has 0 aromatic heterocycles. The molecule has 1 fully saturated rings. The predicted octanol–water partition coefficient (Wildman–Crippen LogP) is 4.31. The first-order chi connectivity index (χ1) is 7.68. The largest absolute Gasteiger partial charge is 0.300 e. The Kier molecular flexibility index (Phi) is 3.80. The maximum absolute atomic E-state index is 11.6. The zero-order valence-corrected chi connectivity index (χ0v) is 11.2. The first kappa shape index (κ1) is 11.8. The lowest BCUT2D eigenvalue weighted by Crippen LogP contribution is -2.23. The van der Waals surface area contributed by atoms with Crippen LogP contribution in [-0.2, 0) is 4.79 Å². The Hall–Kier alpha value is -0.630. The molecule has 2 atom stereocenters. The van der Waals surface area contributed by atoms with Crippen molar-refractivity contribution in [2.75, 3.05) is 0 Å². The molecule has 0 heterocycles. The van der Waals surface area contributed by atoms with Crippen LogP contribution in [0.2, 0.25) is 0 Å². The fourth-order valence-electron chi connectivity index (χ4n) is 2.73. The number of ketones is 1. The number of hydrogen-bond acceptors (Lipinski definition) is 1. The number of halogens is 1. The maximum atomic E-state index is 11.6. The molecule has 0 amide bonds. The van der Waals surface area contributed by atoms with Crippen molar-refractivity contribution >= 4 is 21.7 Å². The first-order valence-electron chi connectivity index (χ1n) is 5.94. The summed E-state index contributed by atoms with van der Waals surface area (Å²) in [7, 11) is 0. The van der Waals surface area contributed by atoms with Crippen LogP contribution in [0.25, 0.3) is 0 Å². The van der Waals surface area contributed by atoms with Gasteiger partial charge in [0.2, 0.25) is 0 Å². The van der Waals surface area contributed by atoms with Crippen molar-refractivity contribution in [2.45, 2.75) is 38.5 Å². The van der Waals surface area contributed by atoms with Crippen LogP contribution in [0.4, 0.5) is 0 Å². The van der Waals surface area contributed by atoms with Crippen molar-refractivity contribution < 1.29 is 4.79 Å². The van der Waals surface area contributed by atoms with E-state index in [1.165, 1.54) is 18.4 Å². The number of Topliss-reactive ketones (excluding diaryl/α,β-unsaturated/α-hetero) is 1. The van der Waals surface area contributed by atoms with Crippen LogP contribution in [0.3, 0.4) is 0 Å². The Labute approximate surface area is 105 Å². The average Bonchev–Trinajstić information content (AvgIpc) is 2.30. The molecule has 1 aliphatic rings. The van der Waals surface area contributed by atoms with Crippen LogP contribution in [0.5, 0.6) is 0 Å². The smallest absolute Gasteiger partial charge is 0.133 e. The zero-order valence-electron chi connectivity index (χ0n) is 9.58. The molecule has 86 valence electrons. The molecule has 0 aliphatic heterocycles. The van der Waals surface area contributed by atoms with E-state index in [0.29, 0.717) is 11.7 Å². The number of hydrogen-bond donors (Lipinski definition) is 0. The predicted molar refractivity (Wildman–Crippen MR) is 69.5 cm³/mol. The molecule has 0 spiro atoms. The molecule has 2 heteroatoms. The lowest BCUT2D eigenvalue weighted by atomic mass is 9.74. The summed E-state index contributed by atoms with van der Waals surface area (Å²) in [6, 6.07) is 8.44. The molecule has 1 saturated carbocycles. The van der Waals surface area contributed by atoms with E-state index in [9.17, 15) is 4.79 Å². The van der Waals surface area contributed by atoms with E-state index in [1.807, 2.05) is 0 Å². The van der Waals surface area contributed by atoms with E-state index in [2.05, 4.69) is 40.2 Å². The van der Waals surface area contributed by atoms with Crippen LogP contribution in [0.15, 0.2) is 28.7 Å². The van der Waals surface area contributed by atoms with E-state index < -0.39 is 0 Å². The summed E-state index contributed by atoms with van der Waals surface area (Å²) in [4.78, 5) is 11.6. The summed E-state index contributed by atoms with van der Waals surface area (Å²) in [5.74, 6) is 1.04. The molecule has 0 radical (unpaired) electrons. The van der Waals surface area contributed by atoms with Gasteiger partial charge in [0.05, 0.1) is 0 Å². The second-order valence-corrected chi connectivity index (χ2v) is 5.58. The first-order valence-corrected chi connectivity index (χ1v) is 6.73. The van der Waals surface area contributed by atoms with Gasteiger partial charge >= 0.3 is 0 Å². The van der Waals surface area contributed by atoms with Crippen LogP contribution in [-0.4, -0.2) is 5.78 Å². The fourth-order valence-corrected chi connectivity index (χ4v) is 2.99. The van der Waals surface area contributed by atoms with Crippen LogP contribution in [0, 0.1) is 5.92 Å². The molecule has 16 heavy (non-hydrogen) atoms. The second-order valence-electron chi connectivity index (χ2n) is 4.66. The van der Waals surface area contributed by atoms with E-state index in [0.717, 1.165) is 17.3 Å². The molecular formula is C14H17BrO. The van der Waals surface area contributed by atoms with Gasteiger partial charge in [0.15, 0.2) is 0 Å². The molecule has 2 rings (SSSR count). The van der Waals surface area contributed by atoms with E-state index in [1.54, 1.807) is 6.92 Å². The minimum atomic E-state index is 0.245. The molecule has 1 aliphatic carbocycles. The maximum Gasteiger partial charge on any atom is 0.133 e. The summed E-state index contributed by atoms with van der Waals surface area (Å²) in [5, 5.41) is 0. The Balaban J connectivity index is 2.23. The van der Waals surface area contributed by atoms with Gasteiger partial charge in [-0.2, -0.15) is 0 Å². The standard InChI is InChI=1S/C14H17BrO/c1-10(16)13-4-2-3-5-14(13)11-6-8-12(15)9-7-11/h6-9,13-14H,2-5H2,1H3. The summed E-state index contributed by atoms with van der Waals surface area (Å²) >= 11 is 3.45. The highest BCUT2D eigenvalue weighted by atomic mass is 79.9. The zero-order chi connectivity index (χ0) is 11.5. The quantitative estimate of drug-likeness (QED) is 0.789. The Morgan fingerprint density at radius 1 is 1.19 bits per heavy atom. The minimum Gasteiger partial charge on any atom is -0.300 e. The minimum absolute atomic E-state index is 0.245. The van der Waals surface area contributed by atoms with Crippen molar-refractivity contribution in [3.63, 3.8) is 0 Å². The lowest BCUT2D eigenvalue weighted by molar-refractivity contribution is -0.122. The number of carbonyl (C=O) groups is 1. The van der Waals surface area contributed by atoms with Crippen LogP contribution in [0.1, 0.15) is 44.1 Å². The molecule has 0 saturated heterocycles. The van der Waals surface area contributed by atoms with Gasteiger partial charge in [0.1, 0.15) is 5.78 Å². The van der Waals surface area contributed by atoms with Gasteiger partial charge < -0.3 is 0 Å². The van der Waals surface area contributed by atoms with Gasteiger partial charge in [0, 0.05) is 10.4 Å². The monoisotopic (exact) mass is 280 g/mol. The highest BCUT2D eigenvalue weighted by Crippen LogP contribution is 2.38. The van der Waals surface area contributed by atoms with Crippen molar-refractivity contribution in [1.82, 2.24) is 0 Å². The number of rotatable bonds is 2. The second kappa shape index (κ2) is 5.13. The van der Waals surface area contributed by atoms with Gasteiger partial charge in [-0.05, 0) is 43.4 Å². The van der Waals surface area contributed by atoms with Crippen molar-refractivity contribution in [3.8, 4) is 0 Å². The normalized spacial score (nSPS) is 25.4. The molecule has 1 aromatic carbocycles. The summed E-state index contributed by atoms with van der Waals surface area (Å²) in [5.41, 5.74) is 1.32. The molecule has 0 N–H and O–H groups in total. The molecule has 1 aromatic rings. The van der Waals surface area contributed by atoms with Gasteiger partial charge in [0.25, 0.3) is 0 Å². The fraction of sp³-hybridized carbons (Fsp3) is 0.500. The SMILES string of the molecule is CC(=O)C1CCCCC1c1ccc(Br)cc1. The van der Waals surface area contributed by atoms with Gasteiger partial charge in [-0.25, -0.2) is 0 Å². The van der Waals surface area contributed by atoms with Crippen molar-refractivity contribution in [1.29, 1.82) is 0 Å². The topological polar surface area (TPSA) is 17.1 Å². The number of carbonyl (C=O) groups excluding carboxylic acids is 1. The Bertz CT molecular complexity index is 369. The summed E-state index contributed by atoms with van der Waals surface area (Å²) < 4.78 is 1.10. The third-order valence-corrected chi connectivity index (χ3v) is 4.11. The third-order valence-electron chi connectivity index (χ3n) is 3.59. The third kappa shape index (κ3) is 2.54. The van der Waals surface area contributed by atoms with Crippen LogP contribution >= 0.6 is 15.9 Å². The average molecular weight is 281 g/mol. The molecule has 0 bridgehead atoms. The number of benzene rings is 1. The van der Waals surface area contributed by atoms with Gasteiger partial charge in [-0.3, -0.25) is 4.79 Å². The Morgan fingerprint density at radius 2 is 1.81 bits per heavy atom. The molecule has 2 unspecified atom stereocenters. The van der Waals surface area contributed by atoms with E-state index in [-0.39, 0.29) is 5.92 Å². The molecular weight excluding hydrogens is 264 g/mol. The van der Waals surface area contributed by atoms with Crippen molar-refractivity contribution in [3.05, 3.63) is 34.3 Å². The lowest BCUT2D eigenvalue weighted by Gasteiger charge is -2.30. The molecule has 1 nitrogen and oxygen atoms in total. The highest BCUT2D eigenvalue weighted by molar-refractivity contribution is 9.10. The van der Waals surface area contributed by atoms with Crippen molar-refractivity contribution in [2.24, 2.45) is 5.92 Å². The van der Waals surface area contributed by atoms with Crippen LogP contribution < -0.4 is 0 Å². The van der Waals surface area contributed by atoms with E-state index >= 15 is 0 Å². The summed E-state index contributed by atoms with van der Waals surface area (Å²) in [6.07, 6.45) is 4.68. The van der Waals surface area contributed by atoms with Gasteiger partial charge in [-0.15, -0.1) is 0 Å².